The molecule has 1 aromatic carbocycles. The molecule has 1 heterocycles. The van der Waals surface area contributed by atoms with Crippen LogP contribution in [-0.4, -0.2) is 34.7 Å². The van der Waals surface area contributed by atoms with Crippen molar-refractivity contribution in [2.75, 3.05) is 13.7 Å². The normalized spacial score (nSPS) is 12.4. The van der Waals surface area contributed by atoms with E-state index in [1.54, 1.807) is 13.2 Å². The first-order chi connectivity index (χ1) is 11.5. The van der Waals surface area contributed by atoms with E-state index in [0.29, 0.717) is 36.4 Å². The van der Waals surface area contributed by atoms with Crippen molar-refractivity contribution in [3.63, 3.8) is 0 Å². The second-order valence-electron chi connectivity index (χ2n) is 5.64. The van der Waals surface area contributed by atoms with E-state index in [1.807, 2.05) is 36.1 Å². The molecule has 6 heteroatoms. The van der Waals surface area contributed by atoms with Crippen LogP contribution in [0.1, 0.15) is 24.6 Å². The predicted molar refractivity (Wildman–Crippen MR) is 95.3 cm³/mol. The third kappa shape index (κ3) is 5.54. The number of pyridine rings is 1. The van der Waals surface area contributed by atoms with Crippen LogP contribution in [0.5, 0.6) is 5.75 Å². The lowest BCUT2D eigenvalue weighted by atomic mass is 10.1. The van der Waals surface area contributed by atoms with Gasteiger partial charge in [0.2, 0.25) is 0 Å². The molecule has 0 saturated carbocycles. The van der Waals surface area contributed by atoms with E-state index >= 15 is 0 Å². The second-order valence-corrected chi connectivity index (χ2v) is 6.45. The molecule has 24 heavy (non-hydrogen) atoms. The first kappa shape index (κ1) is 18.8. The molecule has 2 aromatic rings. The van der Waals surface area contributed by atoms with Gasteiger partial charge >= 0.3 is 0 Å². The van der Waals surface area contributed by atoms with Crippen LogP contribution in [-0.2, 0) is 13.1 Å². The fraction of sp³-hybridized carbons (Fsp3) is 0.389. The number of rotatable bonds is 8. The van der Waals surface area contributed by atoms with Crippen molar-refractivity contribution >= 4 is 15.9 Å². The van der Waals surface area contributed by atoms with E-state index in [2.05, 4.69) is 20.9 Å². The summed E-state index contributed by atoms with van der Waals surface area (Å²) in [6.45, 7) is 3.30. The van der Waals surface area contributed by atoms with Crippen LogP contribution in [0.2, 0.25) is 0 Å². The molecule has 130 valence electrons. The van der Waals surface area contributed by atoms with E-state index < -0.39 is 6.10 Å². The maximum atomic E-state index is 14.0. The number of aliphatic hydroxyl groups is 1. The topological polar surface area (TPSA) is 45.6 Å². The molecule has 1 aromatic heterocycles. The van der Waals surface area contributed by atoms with E-state index in [-0.39, 0.29) is 5.82 Å². The molecule has 0 spiro atoms. The van der Waals surface area contributed by atoms with Crippen LogP contribution in [0.3, 0.4) is 0 Å². The number of halogens is 2. The lowest BCUT2D eigenvalue weighted by Gasteiger charge is -2.24. The first-order valence-electron chi connectivity index (χ1n) is 7.86. The van der Waals surface area contributed by atoms with Crippen molar-refractivity contribution < 1.29 is 14.2 Å². The van der Waals surface area contributed by atoms with Gasteiger partial charge in [0.1, 0.15) is 16.2 Å². The summed E-state index contributed by atoms with van der Waals surface area (Å²) >= 11 is 3.27. The van der Waals surface area contributed by atoms with E-state index in [9.17, 15) is 9.50 Å². The molecule has 0 unspecified atom stereocenters. The van der Waals surface area contributed by atoms with Crippen LogP contribution in [0, 0.1) is 5.82 Å². The molecular formula is C18H22BrFN2O2. The molecule has 1 atom stereocenters. The Morgan fingerprint density at radius 1 is 1.21 bits per heavy atom. The summed E-state index contributed by atoms with van der Waals surface area (Å²) in [6.07, 6.45) is 0.187. The number of methoxy groups -OCH3 is 1. The Bertz CT molecular complexity index is 652. The van der Waals surface area contributed by atoms with Crippen molar-refractivity contribution in [3.8, 4) is 5.75 Å². The third-order valence-corrected chi connectivity index (χ3v) is 4.21. The number of hydrogen-bond acceptors (Lipinski definition) is 4. The van der Waals surface area contributed by atoms with Gasteiger partial charge in [-0.1, -0.05) is 19.1 Å². The molecule has 0 saturated heterocycles. The predicted octanol–water partition coefficient (Wildman–Crippen LogP) is 3.76. The Hall–Kier alpha value is -1.50. The van der Waals surface area contributed by atoms with Gasteiger partial charge in [-0.2, -0.15) is 0 Å². The van der Waals surface area contributed by atoms with Crippen LogP contribution in [0.15, 0.2) is 41.0 Å². The fourth-order valence-electron chi connectivity index (χ4n) is 2.38. The number of nitrogens with zero attached hydrogens (tertiary/aromatic N) is 2. The van der Waals surface area contributed by atoms with Gasteiger partial charge in [-0.15, -0.1) is 0 Å². The largest absolute Gasteiger partial charge is 0.497 e. The smallest absolute Gasteiger partial charge is 0.146 e. The fourth-order valence-corrected chi connectivity index (χ4v) is 2.73. The van der Waals surface area contributed by atoms with Crippen molar-refractivity contribution in [2.45, 2.75) is 32.5 Å². The van der Waals surface area contributed by atoms with E-state index in [0.717, 1.165) is 11.3 Å². The minimum absolute atomic E-state index is 0.328. The molecule has 0 fully saturated rings. The Labute approximate surface area is 150 Å². The zero-order valence-electron chi connectivity index (χ0n) is 13.9. The zero-order valence-corrected chi connectivity index (χ0v) is 15.5. The minimum atomic E-state index is -0.460. The highest BCUT2D eigenvalue weighted by Crippen LogP contribution is 2.17. The van der Waals surface area contributed by atoms with E-state index in [4.69, 9.17) is 4.74 Å². The van der Waals surface area contributed by atoms with Gasteiger partial charge in [-0.05, 0) is 52.2 Å². The molecule has 0 aliphatic heterocycles. The number of hydrogen-bond donors (Lipinski definition) is 1. The average Bonchev–Trinajstić information content (AvgIpc) is 2.58. The monoisotopic (exact) mass is 396 g/mol. The Morgan fingerprint density at radius 3 is 2.54 bits per heavy atom. The maximum Gasteiger partial charge on any atom is 0.146 e. The lowest BCUT2D eigenvalue weighted by Crippen LogP contribution is -2.32. The van der Waals surface area contributed by atoms with Crippen LogP contribution < -0.4 is 4.74 Å². The molecule has 1 N–H and O–H groups in total. The summed E-state index contributed by atoms with van der Waals surface area (Å²) in [4.78, 5) is 6.21. The van der Waals surface area contributed by atoms with Gasteiger partial charge < -0.3 is 9.84 Å². The number of aliphatic hydroxyl groups excluding tert-OH is 1. The number of ether oxygens (including phenoxy) is 1. The summed E-state index contributed by atoms with van der Waals surface area (Å²) in [7, 11) is 1.63. The number of benzene rings is 1. The highest BCUT2D eigenvalue weighted by molar-refractivity contribution is 9.10. The lowest BCUT2D eigenvalue weighted by molar-refractivity contribution is 0.0999. The summed E-state index contributed by atoms with van der Waals surface area (Å²) in [5, 5.41) is 10.0. The molecule has 0 aliphatic rings. The molecular weight excluding hydrogens is 375 g/mol. The minimum Gasteiger partial charge on any atom is -0.497 e. The van der Waals surface area contributed by atoms with Crippen molar-refractivity contribution in [1.82, 2.24) is 9.88 Å². The quantitative estimate of drug-likeness (QED) is 0.689. The molecule has 4 nitrogen and oxygen atoms in total. The Balaban J connectivity index is 2.15. The van der Waals surface area contributed by atoms with Gasteiger partial charge in [0, 0.05) is 19.6 Å². The summed E-state index contributed by atoms with van der Waals surface area (Å²) in [5.41, 5.74) is 1.43. The summed E-state index contributed by atoms with van der Waals surface area (Å²) < 4.78 is 19.8. The van der Waals surface area contributed by atoms with Crippen molar-refractivity contribution in [2.24, 2.45) is 0 Å². The second kappa shape index (κ2) is 9.11. The van der Waals surface area contributed by atoms with E-state index in [1.165, 1.54) is 6.07 Å². The summed E-state index contributed by atoms with van der Waals surface area (Å²) in [6, 6.07) is 10.7. The van der Waals surface area contributed by atoms with Crippen LogP contribution in [0.4, 0.5) is 4.39 Å². The first-order valence-corrected chi connectivity index (χ1v) is 8.65. The maximum absolute atomic E-state index is 14.0. The van der Waals surface area contributed by atoms with Gasteiger partial charge in [0.25, 0.3) is 0 Å². The van der Waals surface area contributed by atoms with Crippen molar-refractivity contribution in [1.29, 1.82) is 0 Å². The molecule has 0 amide bonds. The van der Waals surface area contributed by atoms with Crippen LogP contribution in [0.25, 0.3) is 0 Å². The van der Waals surface area contributed by atoms with Crippen LogP contribution >= 0.6 is 15.9 Å². The molecule has 0 aliphatic carbocycles. The average molecular weight is 397 g/mol. The van der Waals surface area contributed by atoms with Gasteiger partial charge in [-0.3, -0.25) is 4.90 Å². The Morgan fingerprint density at radius 2 is 1.92 bits per heavy atom. The van der Waals surface area contributed by atoms with Gasteiger partial charge in [0.15, 0.2) is 0 Å². The highest BCUT2D eigenvalue weighted by atomic mass is 79.9. The molecule has 2 rings (SSSR count). The Kier molecular flexibility index (Phi) is 7.15. The molecule has 0 bridgehead atoms. The SMILES string of the molecule is CC[C@@H](O)CN(Cc1ccc(OC)cc1)Cc1nc(Br)ccc1F. The standard InChI is InChI=1S/C18H22BrFN2O2/c1-3-14(23)11-22(10-13-4-6-15(24-2)7-5-13)12-17-16(20)8-9-18(19)21-17/h4-9,14,23H,3,10-12H2,1-2H3/t14-/m1/s1. The number of aromatic nitrogens is 1. The van der Waals surface area contributed by atoms with Gasteiger partial charge in [0.05, 0.1) is 18.9 Å². The summed E-state index contributed by atoms with van der Waals surface area (Å²) in [5.74, 6) is 0.447. The van der Waals surface area contributed by atoms with Crippen molar-refractivity contribution in [3.05, 3.63) is 58.1 Å². The zero-order chi connectivity index (χ0) is 17.5. The van der Waals surface area contributed by atoms with Gasteiger partial charge in [-0.25, -0.2) is 9.37 Å². The third-order valence-electron chi connectivity index (χ3n) is 3.76. The molecule has 0 radical (unpaired) electrons. The highest BCUT2D eigenvalue weighted by Gasteiger charge is 2.15.